The average Bonchev–Trinajstić information content (AvgIpc) is 2.77. The highest BCUT2D eigenvalue weighted by atomic mass is 35.5. The van der Waals surface area contributed by atoms with Crippen molar-refractivity contribution in [3.63, 3.8) is 0 Å². The van der Waals surface area contributed by atoms with Crippen LogP contribution in [-0.4, -0.2) is 10.8 Å². The molecule has 0 bridgehead atoms. The highest BCUT2D eigenvalue weighted by Gasteiger charge is 2.21. The van der Waals surface area contributed by atoms with Crippen LogP contribution < -0.4 is 5.32 Å². The van der Waals surface area contributed by atoms with Crippen molar-refractivity contribution in [3.05, 3.63) is 53.6 Å². The van der Waals surface area contributed by atoms with Gasteiger partial charge in [0, 0.05) is 6.07 Å². The number of amides is 1. The second-order valence-electron chi connectivity index (χ2n) is 3.58. The van der Waals surface area contributed by atoms with Gasteiger partial charge in [0.05, 0.1) is 20.7 Å². The van der Waals surface area contributed by atoms with Gasteiger partial charge in [0.1, 0.15) is 4.88 Å². The van der Waals surface area contributed by atoms with E-state index in [4.69, 9.17) is 34.8 Å². The highest BCUT2D eigenvalue weighted by molar-refractivity contribution is 7.18. The molecule has 0 aliphatic rings. The van der Waals surface area contributed by atoms with Gasteiger partial charge in [-0.25, -0.2) is 0 Å². The number of carbonyl (C=O) groups excluding carboxylic acids is 1. The first-order chi connectivity index (χ1) is 9.40. The molecule has 104 valence electrons. The zero-order valence-corrected chi connectivity index (χ0v) is 12.6. The van der Waals surface area contributed by atoms with Crippen molar-refractivity contribution < 1.29 is 9.72 Å². The summed E-state index contributed by atoms with van der Waals surface area (Å²) in [5.41, 5.74) is 0.00958. The second kappa shape index (κ2) is 5.97. The summed E-state index contributed by atoms with van der Waals surface area (Å²) in [6, 6.07) is 5.87. The van der Waals surface area contributed by atoms with Crippen molar-refractivity contribution in [3.8, 4) is 0 Å². The fourth-order valence-electron chi connectivity index (χ4n) is 1.38. The van der Waals surface area contributed by atoms with Crippen LogP contribution in [0.15, 0.2) is 24.3 Å². The van der Waals surface area contributed by atoms with E-state index in [1.807, 2.05) is 0 Å². The lowest BCUT2D eigenvalue weighted by Gasteiger charge is -2.06. The number of hydrogen-bond acceptors (Lipinski definition) is 4. The first-order valence-electron chi connectivity index (χ1n) is 5.09. The lowest BCUT2D eigenvalue weighted by molar-refractivity contribution is -0.384. The Morgan fingerprint density at radius 2 is 2.00 bits per heavy atom. The summed E-state index contributed by atoms with van der Waals surface area (Å²) in [6.45, 7) is 0. The van der Waals surface area contributed by atoms with Gasteiger partial charge in [-0.2, -0.15) is 0 Å². The van der Waals surface area contributed by atoms with Crippen LogP contribution in [0.2, 0.25) is 14.4 Å². The van der Waals surface area contributed by atoms with Crippen LogP contribution in [0.3, 0.4) is 0 Å². The molecule has 0 radical (unpaired) electrons. The van der Waals surface area contributed by atoms with Gasteiger partial charge in [0.25, 0.3) is 11.6 Å². The molecule has 9 heteroatoms. The predicted molar refractivity (Wildman–Crippen MR) is 80.4 cm³/mol. The zero-order valence-electron chi connectivity index (χ0n) is 9.52. The standard InChI is InChI=1S/C11H5Cl3N2O3S/c12-5-2-1-3-6(9(5)13)15-11(17)8-4-7(16(18)19)10(14)20-8/h1-4H,(H,15,17). The molecule has 20 heavy (non-hydrogen) atoms. The van der Waals surface area contributed by atoms with E-state index in [0.29, 0.717) is 10.7 Å². The van der Waals surface area contributed by atoms with Crippen molar-refractivity contribution in [2.75, 3.05) is 5.32 Å². The molecule has 1 aromatic carbocycles. The zero-order chi connectivity index (χ0) is 14.9. The molecular weight excluding hydrogens is 347 g/mol. The number of nitrogens with zero attached hydrogens (tertiary/aromatic N) is 1. The van der Waals surface area contributed by atoms with E-state index in [2.05, 4.69) is 5.32 Å². The van der Waals surface area contributed by atoms with Crippen LogP contribution in [0.1, 0.15) is 9.67 Å². The maximum atomic E-state index is 12.0. The number of thiophene rings is 1. The molecule has 1 aromatic heterocycles. The average molecular weight is 352 g/mol. The third kappa shape index (κ3) is 3.04. The van der Waals surface area contributed by atoms with Crippen molar-refractivity contribution >= 4 is 63.4 Å². The molecule has 5 nitrogen and oxygen atoms in total. The fraction of sp³-hybridized carbons (Fsp3) is 0. The summed E-state index contributed by atoms with van der Waals surface area (Å²) in [5.74, 6) is -0.547. The molecular formula is C11H5Cl3N2O3S. The van der Waals surface area contributed by atoms with Crippen LogP contribution in [-0.2, 0) is 0 Å². The molecule has 0 unspecified atom stereocenters. The molecule has 0 atom stereocenters. The molecule has 0 saturated heterocycles. The summed E-state index contributed by atoms with van der Waals surface area (Å²) in [4.78, 5) is 22.1. The van der Waals surface area contributed by atoms with Gasteiger partial charge in [0.2, 0.25) is 0 Å². The van der Waals surface area contributed by atoms with Gasteiger partial charge in [-0.3, -0.25) is 14.9 Å². The molecule has 0 aliphatic heterocycles. The Bertz CT molecular complexity index is 702. The third-order valence-electron chi connectivity index (χ3n) is 2.29. The Morgan fingerprint density at radius 3 is 2.60 bits per heavy atom. The van der Waals surface area contributed by atoms with Crippen molar-refractivity contribution in [2.24, 2.45) is 0 Å². The number of rotatable bonds is 3. The Hall–Kier alpha value is -1.34. The summed E-state index contributed by atoms with van der Waals surface area (Å²) >= 11 is 18.3. The lowest BCUT2D eigenvalue weighted by Crippen LogP contribution is -2.10. The van der Waals surface area contributed by atoms with E-state index in [9.17, 15) is 14.9 Å². The van der Waals surface area contributed by atoms with Gasteiger partial charge in [-0.15, -0.1) is 11.3 Å². The lowest BCUT2D eigenvalue weighted by atomic mass is 10.3. The van der Waals surface area contributed by atoms with Gasteiger partial charge in [0.15, 0.2) is 4.34 Å². The smallest absolute Gasteiger partial charge is 0.299 e. The maximum absolute atomic E-state index is 12.0. The van der Waals surface area contributed by atoms with Crippen LogP contribution in [0, 0.1) is 10.1 Å². The number of benzene rings is 1. The van der Waals surface area contributed by atoms with E-state index in [1.54, 1.807) is 18.2 Å². The van der Waals surface area contributed by atoms with E-state index >= 15 is 0 Å². The number of anilines is 1. The monoisotopic (exact) mass is 350 g/mol. The Morgan fingerprint density at radius 1 is 1.30 bits per heavy atom. The highest BCUT2D eigenvalue weighted by Crippen LogP contribution is 2.35. The van der Waals surface area contributed by atoms with Crippen molar-refractivity contribution in [1.29, 1.82) is 0 Å². The maximum Gasteiger partial charge on any atom is 0.299 e. The first-order valence-corrected chi connectivity index (χ1v) is 7.04. The van der Waals surface area contributed by atoms with Gasteiger partial charge >= 0.3 is 0 Å². The minimum absolute atomic E-state index is 0.0580. The third-order valence-corrected chi connectivity index (χ3v) is 4.44. The van der Waals surface area contributed by atoms with Crippen LogP contribution in [0.5, 0.6) is 0 Å². The van der Waals surface area contributed by atoms with E-state index < -0.39 is 10.8 Å². The van der Waals surface area contributed by atoms with Gasteiger partial charge < -0.3 is 5.32 Å². The summed E-state index contributed by atoms with van der Waals surface area (Å²) in [7, 11) is 0. The minimum Gasteiger partial charge on any atom is -0.320 e. The molecule has 2 aromatic rings. The summed E-state index contributed by atoms with van der Waals surface area (Å²) < 4.78 is -0.0580. The molecule has 0 saturated carbocycles. The van der Waals surface area contributed by atoms with Crippen LogP contribution in [0.25, 0.3) is 0 Å². The fourth-order valence-corrected chi connectivity index (χ4v) is 2.85. The largest absolute Gasteiger partial charge is 0.320 e. The Kier molecular flexibility index (Phi) is 4.49. The molecule has 1 N–H and O–H groups in total. The normalized spacial score (nSPS) is 10.3. The topological polar surface area (TPSA) is 72.2 Å². The quantitative estimate of drug-likeness (QED) is 0.633. The molecule has 1 heterocycles. The van der Waals surface area contributed by atoms with Gasteiger partial charge in [-0.05, 0) is 12.1 Å². The van der Waals surface area contributed by atoms with Crippen molar-refractivity contribution in [1.82, 2.24) is 0 Å². The van der Waals surface area contributed by atoms with Crippen LogP contribution >= 0.6 is 46.1 Å². The SMILES string of the molecule is O=C(Nc1cccc(Cl)c1Cl)c1cc([N+](=O)[O-])c(Cl)s1. The first kappa shape index (κ1) is 15.1. The molecule has 0 spiro atoms. The van der Waals surface area contributed by atoms with E-state index in [0.717, 1.165) is 17.4 Å². The number of hydrogen-bond donors (Lipinski definition) is 1. The molecule has 0 fully saturated rings. The number of carbonyl (C=O) groups is 1. The van der Waals surface area contributed by atoms with E-state index in [1.165, 1.54) is 0 Å². The van der Waals surface area contributed by atoms with Crippen molar-refractivity contribution in [2.45, 2.75) is 0 Å². The predicted octanol–water partition coefficient (Wildman–Crippen LogP) is 4.87. The summed E-state index contributed by atoms with van der Waals surface area (Å²) in [6.07, 6.45) is 0. The number of halogens is 3. The Labute approximate surface area is 132 Å². The minimum atomic E-state index is -0.651. The molecule has 0 aliphatic carbocycles. The number of nitro groups is 1. The van der Waals surface area contributed by atoms with Gasteiger partial charge in [-0.1, -0.05) is 40.9 Å². The Balaban J connectivity index is 2.26. The summed E-state index contributed by atoms with van der Waals surface area (Å²) in [5, 5.41) is 13.7. The number of nitrogens with one attached hydrogen (secondary N) is 1. The second-order valence-corrected chi connectivity index (χ2v) is 6.02. The molecule has 2 rings (SSSR count). The van der Waals surface area contributed by atoms with E-state index in [-0.39, 0.29) is 19.9 Å². The van der Waals surface area contributed by atoms with Crippen LogP contribution in [0.4, 0.5) is 11.4 Å². The molecule has 1 amide bonds.